The van der Waals surface area contributed by atoms with Gasteiger partial charge in [0.2, 0.25) is 0 Å². The van der Waals surface area contributed by atoms with Gasteiger partial charge in [0, 0.05) is 24.1 Å². The summed E-state index contributed by atoms with van der Waals surface area (Å²) in [5.74, 6) is 0.791. The number of H-pyrrole nitrogens is 2. The summed E-state index contributed by atoms with van der Waals surface area (Å²) in [6, 6.07) is 3.38. The number of aromatic nitrogens is 3. The van der Waals surface area contributed by atoms with Crippen molar-refractivity contribution in [3.8, 4) is 0 Å². The van der Waals surface area contributed by atoms with Crippen molar-refractivity contribution in [3.63, 3.8) is 0 Å². The zero-order valence-corrected chi connectivity index (χ0v) is 13.7. The smallest absolute Gasteiger partial charge is 0.261 e. The molecule has 2 N–H and O–H groups in total. The SMILES string of the molecule is Cc1cnc(C2CCCN2C(=O)c2ccc(C(C)C)[nH]c2=O)[nH]1. The van der Waals surface area contributed by atoms with Crippen LogP contribution in [0.2, 0.25) is 0 Å². The molecular formula is C17H22N4O2. The second kappa shape index (κ2) is 6.02. The number of hydrogen-bond donors (Lipinski definition) is 2. The molecule has 3 heterocycles. The van der Waals surface area contributed by atoms with Crippen molar-refractivity contribution in [2.45, 2.75) is 45.6 Å². The lowest BCUT2D eigenvalue weighted by atomic mass is 10.1. The molecule has 1 amide bonds. The van der Waals surface area contributed by atoms with Crippen molar-refractivity contribution in [1.82, 2.24) is 19.9 Å². The molecule has 1 atom stereocenters. The largest absolute Gasteiger partial charge is 0.344 e. The van der Waals surface area contributed by atoms with Gasteiger partial charge >= 0.3 is 0 Å². The molecule has 1 aliphatic rings. The van der Waals surface area contributed by atoms with Gasteiger partial charge in [0.25, 0.3) is 11.5 Å². The van der Waals surface area contributed by atoms with Gasteiger partial charge in [-0.05, 0) is 37.8 Å². The predicted octanol–water partition coefficient (Wildman–Crippen LogP) is 2.51. The van der Waals surface area contributed by atoms with Crippen LogP contribution >= 0.6 is 0 Å². The van der Waals surface area contributed by atoms with Gasteiger partial charge < -0.3 is 14.9 Å². The van der Waals surface area contributed by atoms with Crippen LogP contribution in [0.25, 0.3) is 0 Å². The molecule has 1 fully saturated rings. The quantitative estimate of drug-likeness (QED) is 0.913. The summed E-state index contributed by atoms with van der Waals surface area (Å²) in [5, 5.41) is 0. The van der Waals surface area contributed by atoms with E-state index in [4.69, 9.17) is 0 Å². The molecule has 0 aliphatic carbocycles. The van der Waals surface area contributed by atoms with Gasteiger partial charge in [-0.15, -0.1) is 0 Å². The van der Waals surface area contributed by atoms with Crippen LogP contribution in [0, 0.1) is 6.92 Å². The van der Waals surface area contributed by atoms with Crippen LogP contribution in [0.1, 0.15) is 66.2 Å². The van der Waals surface area contributed by atoms with E-state index in [1.165, 1.54) is 0 Å². The fourth-order valence-corrected chi connectivity index (χ4v) is 3.05. The lowest BCUT2D eigenvalue weighted by Gasteiger charge is -2.23. The van der Waals surface area contributed by atoms with Crippen LogP contribution < -0.4 is 5.56 Å². The third kappa shape index (κ3) is 2.93. The Kier molecular flexibility index (Phi) is 4.07. The first-order chi connectivity index (χ1) is 11.0. The minimum Gasteiger partial charge on any atom is -0.344 e. The highest BCUT2D eigenvalue weighted by Crippen LogP contribution is 2.31. The number of aryl methyl sites for hydroxylation is 1. The van der Waals surface area contributed by atoms with Gasteiger partial charge in [-0.2, -0.15) is 0 Å². The summed E-state index contributed by atoms with van der Waals surface area (Å²) in [7, 11) is 0. The van der Waals surface area contributed by atoms with Gasteiger partial charge in [0.15, 0.2) is 0 Å². The lowest BCUT2D eigenvalue weighted by molar-refractivity contribution is 0.0728. The van der Waals surface area contributed by atoms with Crippen LogP contribution in [0.3, 0.4) is 0 Å². The normalized spacial score (nSPS) is 17.9. The van der Waals surface area contributed by atoms with Crippen molar-refractivity contribution in [1.29, 1.82) is 0 Å². The van der Waals surface area contributed by atoms with E-state index >= 15 is 0 Å². The van der Waals surface area contributed by atoms with Crippen LogP contribution in [-0.2, 0) is 0 Å². The maximum Gasteiger partial charge on any atom is 0.261 e. The molecule has 0 radical (unpaired) electrons. The number of imidazole rings is 1. The second-order valence-corrected chi connectivity index (χ2v) is 6.42. The van der Waals surface area contributed by atoms with Crippen molar-refractivity contribution in [3.05, 3.63) is 51.5 Å². The molecule has 0 saturated carbocycles. The van der Waals surface area contributed by atoms with E-state index in [9.17, 15) is 9.59 Å². The van der Waals surface area contributed by atoms with E-state index in [1.807, 2.05) is 26.8 Å². The number of nitrogens with zero attached hydrogens (tertiary/aromatic N) is 2. The Morgan fingerprint density at radius 1 is 1.35 bits per heavy atom. The molecule has 2 aromatic heterocycles. The van der Waals surface area contributed by atoms with E-state index in [0.29, 0.717) is 6.54 Å². The van der Waals surface area contributed by atoms with Gasteiger partial charge in [-0.1, -0.05) is 13.8 Å². The Hall–Kier alpha value is -2.37. The van der Waals surface area contributed by atoms with Crippen molar-refractivity contribution in [2.75, 3.05) is 6.54 Å². The monoisotopic (exact) mass is 314 g/mol. The summed E-state index contributed by atoms with van der Waals surface area (Å²) < 4.78 is 0. The number of hydrogen-bond acceptors (Lipinski definition) is 3. The zero-order valence-electron chi connectivity index (χ0n) is 13.7. The van der Waals surface area contributed by atoms with E-state index in [0.717, 1.165) is 30.1 Å². The highest BCUT2D eigenvalue weighted by Gasteiger charge is 2.33. The summed E-state index contributed by atoms with van der Waals surface area (Å²) in [5.41, 5.74) is 1.69. The molecule has 122 valence electrons. The fraction of sp³-hybridized carbons (Fsp3) is 0.471. The molecule has 0 spiro atoms. The molecule has 0 bridgehead atoms. The maximum absolute atomic E-state index is 12.8. The van der Waals surface area contributed by atoms with Gasteiger partial charge in [0.05, 0.1) is 6.04 Å². The number of carbonyl (C=O) groups excluding carboxylic acids is 1. The number of rotatable bonds is 3. The first-order valence-electron chi connectivity index (χ1n) is 8.03. The Bertz CT molecular complexity index is 775. The number of carbonyl (C=O) groups is 1. The number of nitrogens with one attached hydrogen (secondary N) is 2. The van der Waals surface area contributed by atoms with Crippen LogP contribution in [-0.4, -0.2) is 32.3 Å². The minimum absolute atomic E-state index is 0.0830. The predicted molar refractivity (Wildman–Crippen MR) is 87.5 cm³/mol. The topological polar surface area (TPSA) is 81.8 Å². The maximum atomic E-state index is 12.8. The molecule has 0 aromatic carbocycles. The molecule has 6 heteroatoms. The van der Waals surface area contributed by atoms with Gasteiger partial charge in [-0.25, -0.2) is 4.98 Å². The Labute approximate surface area is 134 Å². The molecule has 1 aliphatic heterocycles. The molecular weight excluding hydrogens is 292 g/mol. The van der Waals surface area contributed by atoms with Crippen LogP contribution in [0.15, 0.2) is 23.1 Å². The minimum atomic E-state index is -0.317. The van der Waals surface area contributed by atoms with E-state index in [1.54, 1.807) is 17.2 Å². The number of amides is 1. The first kappa shape index (κ1) is 15.5. The van der Waals surface area contributed by atoms with Crippen LogP contribution in [0.4, 0.5) is 0 Å². The summed E-state index contributed by atoms with van der Waals surface area (Å²) in [6.07, 6.45) is 3.54. The van der Waals surface area contributed by atoms with E-state index < -0.39 is 0 Å². The third-order valence-electron chi connectivity index (χ3n) is 4.34. The fourth-order valence-electron chi connectivity index (χ4n) is 3.05. The standard InChI is InChI=1S/C17H22N4O2/c1-10(2)13-7-6-12(16(22)20-13)17(23)21-8-4-5-14(21)15-18-9-11(3)19-15/h6-7,9-10,14H,4-5,8H2,1-3H3,(H,18,19)(H,20,22). The zero-order chi connectivity index (χ0) is 16.6. The van der Waals surface area contributed by atoms with Gasteiger partial charge in [-0.3, -0.25) is 9.59 Å². The summed E-state index contributed by atoms with van der Waals surface area (Å²) in [4.78, 5) is 37.2. The summed E-state index contributed by atoms with van der Waals surface area (Å²) in [6.45, 7) is 6.59. The van der Waals surface area contributed by atoms with Crippen molar-refractivity contribution < 1.29 is 4.79 Å². The van der Waals surface area contributed by atoms with E-state index in [2.05, 4.69) is 15.0 Å². The second-order valence-electron chi connectivity index (χ2n) is 6.42. The molecule has 3 rings (SSSR count). The Morgan fingerprint density at radius 3 is 2.74 bits per heavy atom. The number of aromatic amines is 2. The highest BCUT2D eigenvalue weighted by atomic mass is 16.2. The molecule has 6 nitrogen and oxygen atoms in total. The lowest BCUT2D eigenvalue weighted by Crippen LogP contribution is -2.35. The average molecular weight is 314 g/mol. The Morgan fingerprint density at radius 2 is 2.13 bits per heavy atom. The Balaban J connectivity index is 1.89. The van der Waals surface area contributed by atoms with Crippen LogP contribution in [0.5, 0.6) is 0 Å². The molecule has 23 heavy (non-hydrogen) atoms. The van der Waals surface area contributed by atoms with E-state index in [-0.39, 0.29) is 29.0 Å². The molecule has 1 saturated heterocycles. The highest BCUT2D eigenvalue weighted by molar-refractivity contribution is 5.94. The third-order valence-corrected chi connectivity index (χ3v) is 4.34. The first-order valence-corrected chi connectivity index (χ1v) is 8.03. The van der Waals surface area contributed by atoms with Crippen molar-refractivity contribution in [2.24, 2.45) is 0 Å². The van der Waals surface area contributed by atoms with Crippen molar-refractivity contribution >= 4 is 5.91 Å². The number of likely N-dealkylation sites (tertiary alicyclic amines) is 1. The average Bonchev–Trinajstić information content (AvgIpc) is 3.14. The molecule has 2 aromatic rings. The van der Waals surface area contributed by atoms with Gasteiger partial charge in [0.1, 0.15) is 11.4 Å². The summed E-state index contributed by atoms with van der Waals surface area (Å²) >= 11 is 0. The molecule has 1 unspecified atom stereocenters. The number of pyridine rings is 1.